The Labute approximate surface area is 129 Å². The average molecular weight is 322 g/mol. The van der Waals surface area contributed by atoms with E-state index < -0.39 is 11.8 Å². The molecule has 108 valence electrons. The molecule has 3 nitrogen and oxygen atoms in total. The molecule has 0 aliphatic carbocycles. The first-order valence-corrected chi connectivity index (χ1v) is 7.88. The first-order valence-electron chi connectivity index (χ1n) is 5.95. The largest absolute Gasteiger partial charge is 0.481 e. The van der Waals surface area contributed by atoms with Gasteiger partial charge in [-0.3, -0.25) is 9.59 Å². The molecule has 1 aromatic heterocycles. The van der Waals surface area contributed by atoms with Gasteiger partial charge in [0.1, 0.15) is 5.82 Å². The van der Waals surface area contributed by atoms with Gasteiger partial charge in [-0.25, -0.2) is 4.39 Å². The monoisotopic (exact) mass is 322 g/mol. The second-order valence-electron chi connectivity index (χ2n) is 4.08. The quantitative estimate of drug-likeness (QED) is 0.497. The van der Waals surface area contributed by atoms with E-state index >= 15 is 0 Å². The molecule has 0 saturated carbocycles. The minimum Gasteiger partial charge on any atom is -0.481 e. The molecular weight excluding hydrogens is 311 g/mol. The molecule has 0 bridgehead atoms. The standard InChI is InChI=1S/C15H11FO3S2/c16-12-7-11(2-4-14(12)21-9-15(18)19)13(17)3-1-10-5-6-20-8-10/h1-8H,9H2,(H,18,19)/b3-1+. The molecule has 0 saturated heterocycles. The third-order valence-corrected chi connectivity index (χ3v) is 4.27. The number of halogens is 1. The molecule has 21 heavy (non-hydrogen) atoms. The fraction of sp³-hybridized carbons (Fsp3) is 0.0667. The van der Waals surface area contributed by atoms with E-state index in [2.05, 4.69) is 0 Å². The second-order valence-corrected chi connectivity index (χ2v) is 5.88. The number of aliphatic carboxylic acids is 1. The molecule has 2 rings (SSSR count). The van der Waals surface area contributed by atoms with Crippen LogP contribution in [0.3, 0.4) is 0 Å². The van der Waals surface area contributed by atoms with Gasteiger partial charge in [-0.15, -0.1) is 11.8 Å². The van der Waals surface area contributed by atoms with Crippen LogP contribution in [0.2, 0.25) is 0 Å². The third kappa shape index (κ3) is 4.54. The molecule has 1 aromatic carbocycles. The van der Waals surface area contributed by atoms with Gasteiger partial charge in [0.25, 0.3) is 0 Å². The molecular formula is C15H11FO3S2. The van der Waals surface area contributed by atoms with E-state index in [0.717, 1.165) is 23.4 Å². The van der Waals surface area contributed by atoms with E-state index in [1.54, 1.807) is 6.08 Å². The summed E-state index contributed by atoms with van der Waals surface area (Å²) in [7, 11) is 0. The van der Waals surface area contributed by atoms with Crippen molar-refractivity contribution in [3.05, 3.63) is 58.0 Å². The van der Waals surface area contributed by atoms with Crippen molar-refractivity contribution in [2.24, 2.45) is 0 Å². The highest BCUT2D eigenvalue weighted by Gasteiger charge is 2.09. The number of hydrogen-bond acceptors (Lipinski definition) is 4. The number of hydrogen-bond donors (Lipinski definition) is 1. The van der Waals surface area contributed by atoms with Crippen LogP contribution in [0.1, 0.15) is 15.9 Å². The molecule has 0 aliphatic rings. The van der Waals surface area contributed by atoms with E-state index in [4.69, 9.17) is 5.11 Å². The zero-order valence-corrected chi connectivity index (χ0v) is 12.4. The number of benzene rings is 1. The van der Waals surface area contributed by atoms with Gasteiger partial charge in [0.15, 0.2) is 5.78 Å². The molecule has 0 spiro atoms. The van der Waals surface area contributed by atoms with Crippen molar-refractivity contribution in [2.45, 2.75) is 4.90 Å². The summed E-state index contributed by atoms with van der Waals surface area (Å²) < 4.78 is 13.8. The van der Waals surface area contributed by atoms with E-state index in [-0.39, 0.29) is 22.0 Å². The van der Waals surface area contributed by atoms with Crippen LogP contribution in [-0.4, -0.2) is 22.6 Å². The van der Waals surface area contributed by atoms with Gasteiger partial charge in [0.2, 0.25) is 0 Å². The zero-order valence-electron chi connectivity index (χ0n) is 10.8. The Bertz CT molecular complexity index is 678. The fourth-order valence-electron chi connectivity index (χ4n) is 1.55. The molecule has 0 aliphatic heterocycles. The Morgan fingerprint density at radius 1 is 1.33 bits per heavy atom. The molecule has 6 heteroatoms. The van der Waals surface area contributed by atoms with Crippen molar-refractivity contribution < 1.29 is 19.1 Å². The Morgan fingerprint density at radius 2 is 2.14 bits per heavy atom. The normalized spacial score (nSPS) is 10.9. The number of carboxylic acid groups (broad SMARTS) is 1. The zero-order chi connectivity index (χ0) is 15.2. The first-order chi connectivity index (χ1) is 10.1. The van der Waals surface area contributed by atoms with E-state index in [0.29, 0.717) is 0 Å². The molecule has 0 amide bonds. The highest BCUT2D eigenvalue weighted by atomic mass is 32.2. The number of thiophene rings is 1. The van der Waals surface area contributed by atoms with Crippen LogP contribution >= 0.6 is 23.1 Å². The van der Waals surface area contributed by atoms with Crippen molar-refractivity contribution in [1.82, 2.24) is 0 Å². The minimum atomic E-state index is -1.02. The number of carboxylic acids is 1. The summed E-state index contributed by atoms with van der Waals surface area (Å²) in [6.07, 6.45) is 3.06. The lowest BCUT2D eigenvalue weighted by Crippen LogP contribution is -1.99. The Balaban J connectivity index is 2.08. The third-order valence-electron chi connectivity index (χ3n) is 2.54. The van der Waals surface area contributed by atoms with Gasteiger partial charge >= 0.3 is 5.97 Å². The van der Waals surface area contributed by atoms with Crippen molar-refractivity contribution in [3.63, 3.8) is 0 Å². The summed E-state index contributed by atoms with van der Waals surface area (Å²) in [5, 5.41) is 12.4. The van der Waals surface area contributed by atoms with Crippen molar-refractivity contribution in [2.75, 3.05) is 5.75 Å². The maximum atomic E-state index is 13.8. The maximum absolute atomic E-state index is 13.8. The van der Waals surface area contributed by atoms with Crippen LogP contribution in [0.25, 0.3) is 6.08 Å². The number of rotatable bonds is 6. The molecule has 2 aromatic rings. The summed E-state index contributed by atoms with van der Waals surface area (Å²) in [6, 6.07) is 5.92. The van der Waals surface area contributed by atoms with Gasteiger partial charge < -0.3 is 5.11 Å². The summed E-state index contributed by atoms with van der Waals surface area (Å²) >= 11 is 2.41. The van der Waals surface area contributed by atoms with Crippen LogP contribution in [0.5, 0.6) is 0 Å². The summed E-state index contributed by atoms with van der Waals surface area (Å²) in [5.41, 5.74) is 1.15. The van der Waals surface area contributed by atoms with E-state index in [1.165, 1.54) is 29.5 Å². The van der Waals surface area contributed by atoms with Gasteiger partial charge in [0, 0.05) is 10.5 Å². The Hall–Kier alpha value is -1.92. The fourth-order valence-corrected chi connectivity index (χ4v) is 2.82. The van der Waals surface area contributed by atoms with Crippen molar-refractivity contribution >= 4 is 40.9 Å². The maximum Gasteiger partial charge on any atom is 0.313 e. The average Bonchev–Trinajstić information content (AvgIpc) is 2.96. The molecule has 0 fully saturated rings. The van der Waals surface area contributed by atoms with E-state index in [1.807, 2.05) is 16.8 Å². The minimum absolute atomic E-state index is 0.218. The predicted molar refractivity (Wildman–Crippen MR) is 82.4 cm³/mol. The topological polar surface area (TPSA) is 54.4 Å². The molecule has 0 radical (unpaired) electrons. The lowest BCUT2D eigenvalue weighted by atomic mass is 10.1. The molecule has 0 unspecified atom stereocenters. The van der Waals surface area contributed by atoms with Crippen molar-refractivity contribution in [1.29, 1.82) is 0 Å². The summed E-state index contributed by atoms with van der Waals surface area (Å²) in [4.78, 5) is 22.6. The number of thioether (sulfide) groups is 1. The SMILES string of the molecule is O=C(O)CSc1ccc(C(=O)/C=C/c2ccsc2)cc1F. The van der Waals surface area contributed by atoms with E-state index in [9.17, 15) is 14.0 Å². The van der Waals surface area contributed by atoms with Crippen LogP contribution < -0.4 is 0 Å². The summed E-state index contributed by atoms with van der Waals surface area (Å²) in [6.45, 7) is 0. The highest BCUT2D eigenvalue weighted by molar-refractivity contribution is 8.00. The number of ketones is 1. The Kier molecular flexibility index (Phi) is 5.30. The van der Waals surface area contributed by atoms with Gasteiger partial charge in [-0.2, -0.15) is 11.3 Å². The number of carbonyl (C=O) groups is 2. The highest BCUT2D eigenvalue weighted by Crippen LogP contribution is 2.23. The lowest BCUT2D eigenvalue weighted by molar-refractivity contribution is -0.133. The molecule has 1 N–H and O–H groups in total. The molecule has 0 atom stereocenters. The van der Waals surface area contributed by atoms with Gasteiger partial charge in [0.05, 0.1) is 5.75 Å². The predicted octanol–water partition coefficient (Wildman–Crippen LogP) is 3.96. The van der Waals surface area contributed by atoms with Gasteiger partial charge in [-0.05, 0) is 46.7 Å². The molecule has 1 heterocycles. The van der Waals surface area contributed by atoms with Crippen molar-refractivity contribution in [3.8, 4) is 0 Å². The van der Waals surface area contributed by atoms with Crippen LogP contribution in [0.15, 0.2) is 46.0 Å². The summed E-state index contributed by atoms with van der Waals surface area (Å²) in [5.74, 6) is -2.12. The van der Waals surface area contributed by atoms with Gasteiger partial charge in [-0.1, -0.05) is 6.08 Å². The van der Waals surface area contributed by atoms with Crippen LogP contribution in [-0.2, 0) is 4.79 Å². The first kappa shape index (κ1) is 15.5. The number of allylic oxidation sites excluding steroid dienone is 1. The Morgan fingerprint density at radius 3 is 2.76 bits per heavy atom. The lowest BCUT2D eigenvalue weighted by Gasteiger charge is -2.02. The smallest absolute Gasteiger partial charge is 0.313 e. The number of carbonyl (C=O) groups excluding carboxylic acids is 1. The van der Waals surface area contributed by atoms with Crippen LogP contribution in [0, 0.1) is 5.82 Å². The second kappa shape index (κ2) is 7.19. The van der Waals surface area contributed by atoms with Crippen LogP contribution in [0.4, 0.5) is 4.39 Å².